The van der Waals surface area contributed by atoms with Gasteiger partial charge in [-0.1, -0.05) is 6.08 Å². The molecule has 0 saturated carbocycles. The molecule has 0 unspecified atom stereocenters. The first-order valence-electron chi connectivity index (χ1n) is 9.09. The Hall–Kier alpha value is -1.40. The maximum absolute atomic E-state index is 12.5. The van der Waals surface area contributed by atoms with Crippen molar-refractivity contribution in [3.8, 4) is 0 Å². The first-order valence-corrected chi connectivity index (χ1v) is 9.09. The molecule has 3 heterocycles. The van der Waals surface area contributed by atoms with Crippen molar-refractivity contribution in [1.29, 1.82) is 0 Å². The summed E-state index contributed by atoms with van der Waals surface area (Å²) in [5, 5.41) is 3.34. The van der Waals surface area contributed by atoms with Gasteiger partial charge in [-0.2, -0.15) is 0 Å². The summed E-state index contributed by atoms with van der Waals surface area (Å²) in [6.45, 7) is 9.01. The van der Waals surface area contributed by atoms with Crippen LogP contribution in [0.2, 0.25) is 0 Å². The van der Waals surface area contributed by atoms with Crippen molar-refractivity contribution in [2.24, 2.45) is 5.41 Å². The molecule has 0 aromatic carbocycles. The number of likely N-dealkylation sites (tertiary alicyclic amines) is 2. The summed E-state index contributed by atoms with van der Waals surface area (Å²) < 4.78 is 5.43. The molecule has 1 atom stereocenters. The van der Waals surface area contributed by atoms with Crippen molar-refractivity contribution in [2.45, 2.75) is 38.1 Å². The van der Waals surface area contributed by atoms with Gasteiger partial charge in [0.15, 0.2) is 0 Å². The fourth-order valence-corrected chi connectivity index (χ4v) is 4.15. The van der Waals surface area contributed by atoms with Gasteiger partial charge in [-0.3, -0.25) is 9.59 Å². The zero-order valence-corrected chi connectivity index (χ0v) is 14.5. The van der Waals surface area contributed by atoms with Crippen LogP contribution in [0.15, 0.2) is 12.7 Å². The molecular formula is C18H29N3O3. The average Bonchev–Trinajstić information content (AvgIpc) is 2.60. The van der Waals surface area contributed by atoms with E-state index in [-0.39, 0.29) is 23.3 Å². The summed E-state index contributed by atoms with van der Waals surface area (Å²) >= 11 is 0. The Labute approximate surface area is 144 Å². The van der Waals surface area contributed by atoms with Gasteiger partial charge < -0.3 is 19.9 Å². The quantitative estimate of drug-likeness (QED) is 0.772. The highest BCUT2D eigenvalue weighted by Crippen LogP contribution is 2.40. The Morgan fingerprint density at radius 3 is 2.83 bits per heavy atom. The van der Waals surface area contributed by atoms with Gasteiger partial charge in [0.05, 0.1) is 13.2 Å². The number of rotatable bonds is 4. The second kappa shape index (κ2) is 7.66. The largest absolute Gasteiger partial charge is 0.378 e. The maximum Gasteiger partial charge on any atom is 0.224 e. The molecule has 2 amide bonds. The van der Waals surface area contributed by atoms with Crippen LogP contribution in [-0.2, 0) is 14.3 Å². The topological polar surface area (TPSA) is 61.9 Å². The molecule has 24 heavy (non-hydrogen) atoms. The van der Waals surface area contributed by atoms with E-state index in [0.29, 0.717) is 26.0 Å². The highest BCUT2D eigenvalue weighted by molar-refractivity contribution is 5.78. The van der Waals surface area contributed by atoms with Crippen molar-refractivity contribution >= 4 is 11.8 Å². The van der Waals surface area contributed by atoms with E-state index in [1.54, 1.807) is 6.08 Å². The van der Waals surface area contributed by atoms with E-state index in [0.717, 1.165) is 52.0 Å². The minimum absolute atomic E-state index is 0.150. The number of amides is 2. The zero-order chi connectivity index (χ0) is 17.0. The molecule has 3 fully saturated rings. The van der Waals surface area contributed by atoms with Crippen LogP contribution in [0.25, 0.3) is 0 Å². The van der Waals surface area contributed by atoms with Crippen LogP contribution in [0.3, 0.4) is 0 Å². The minimum Gasteiger partial charge on any atom is -0.378 e. The molecule has 3 aliphatic rings. The fourth-order valence-electron chi connectivity index (χ4n) is 4.15. The predicted octanol–water partition coefficient (Wildman–Crippen LogP) is 0.782. The monoisotopic (exact) mass is 335 g/mol. The summed E-state index contributed by atoms with van der Waals surface area (Å²) in [5.74, 6) is 0.463. The van der Waals surface area contributed by atoms with Gasteiger partial charge in [-0.15, -0.1) is 6.58 Å². The maximum atomic E-state index is 12.5. The van der Waals surface area contributed by atoms with Crippen molar-refractivity contribution in [1.82, 2.24) is 15.1 Å². The highest BCUT2D eigenvalue weighted by Gasteiger charge is 2.41. The third-order valence-electron chi connectivity index (χ3n) is 5.69. The van der Waals surface area contributed by atoms with Gasteiger partial charge in [-0.05, 0) is 24.7 Å². The van der Waals surface area contributed by atoms with E-state index >= 15 is 0 Å². The number of piperidine rings is 2. The van der Waals surface area contributed by atoms with Crippen LogP contribution in [0.5, 0.6) is 0 Å². The summed E-state index contributed by atoms with van der Waals surface area (Å²) in [7, 11) is 0. The molecule has 0 aromatic heterocycles. The molecule has 0 radical (unpaired) electrons. The van der Waals surface area contributed by atoms with E-state index in [9.17, 15) is 9.59 Å². The SMILES string of the molecule is C=CCN1CC2(CCC1=O)CCN(C(=O)C[C@@H]1COCCN1)CC2. The van der Waals surface area contributed by atoms with E-state index in [4.69, 9.17) is 4.74 Å². The molecular weight excluding hydrogens is 306 g/mol. The van der Waals surface area contributed by atoms with E-state index in [1.807, 2.05) is 9.80 Å². The Morgan fingerprint density at radius 1 is 1.38 bits per heavy atom. The van der Waals surface area contributed by atoms with Gasteiger partial charge in [0.25, 0.3) is 0 Å². The Kier molecular flexibility index (Phi) is 5.56. The van der Waals surface area contributed by atoms with Gasteiger partial charge in [0, 0.05) is 51.6 Å². The molecule has 3 aliphatic heterocycles. The molecule has 1 N–H and O–H groups in total. The lowest BCUT2D eigenvalue weighted by atomic mass is 9.72. The van der Waals surface area contributed by atoms with Gasteiger partial charge >= 0.3 is 0 Å². The summed E-state index contributed by atoms with van der Waals surface area (Å²) in [4.78, 5) is 28.4. The fraction of sp³-hybridized carbons (Fsp3) is 0.778. The molecule has 134 valence electrons. The molecule has 0 bridgehead atoms. The number of hydrogen-bond donors (Lipinski definition) is 1. The summed E-state index contributed by atoms with van der Waals surface area (Å²) in [5.41, 5.74) is 0.194. The summed E-state index contributed by atoms with van der Waals surface area (Å²) in [6.07, 6.45) is 5.90. The second-order valence-electron chi connectivity index (χ2n) is 7.37. The Balaban J connectivity index is 1.50. The lowest BCUT2D eigenvalue weighted by Gasteiger charge is -2.47. The lowest BCUT2D eigenvalue weighted by molar-refractivity contribution is -0.142. The van der Waals surface area contributed by atoms with Crippen LogP contribution in [0, 0.1) is 5.41 Å². The van der Waals surface area contributed by atoms with Gasteiger partial charge in [0.1, 0.15) is 0 Å². The normalized spacial score (nSPS) is 27.3. The Morgan fingerprint density at radius 2 is 2.17 bits per heavy atom. The number of carbonyl (C=O) groups excluding carboxylic acids is 2. The first-order chi connectivity index (χ1) is 11.6. The lowest BCUT2D eigenvalue weighted by Crippen LogP contribution is -2.53. The smallest absolute Gasteiger partial charge is 0.224 e. The molecule has 6 heteroatoms. The predicted molar refractivity (Wildman–Crippen MR) is 91.5 cm³/mol. The van der Waals surface area contributed by atoms with Gasteiger partial charge in [0.2, 0.25) is 11.8 Å². The van der Waals surface area contributed by atoms with Gasteiger partial charge in [-0.25, -0.2) is 0 Å². The number of nitrogens with zero attached hydrogens (tertiary/aromatic N) is 2. The first kappa shape index (κ1) is 17.4. The number of carbonyl (C=O) groups is 2. The van der Waals surface area contributed by atoms with E-state index in [1.165, 1.54) is 0 Å². The molecule has 3 rings (SSSR count). The summed E-state index contributed by atoms with van der Waals surface area (Å²) in [6, 6.07) is 0.150. The van der Waals surface area contributed by atoms with Crippen molar-refractivity contribution in [3.05, 3.63) is 12.7 Å². The van der Waals surface area contributed by atoms with Crippen LogP contribution < -0.4 is 5.32 Å². The standard InChI is InChI=1S/C18H29N3O3/c1-2-8-21-14-18(4-3-16(21)22)5-9-20(10-6-18)17(23)12-15-13-24-11-7-19-15/h2,15,19H,1,3-14H2/t15-/m1/s1. The van der Waals surface area contributed by atoms with Crippen LogP contribution in [-0.4, -0.2) is 73.6 Å². The number of morpholine rings is 1. The van der Waals surface area contributed by atoms with Crippen molar-refractivity contribution in [3.63, 3.8) is 0 Å². The third kappa shape index (κ3) is 3.98. The molecule has 3 saturated heterocycles. The van der Waals surface area contributed by atoms with E-state index in [2.05, 4.69) is 11.9 Å². The minimum atomic E-state index is 0.150. The number of hydrogen-bond acceptors (Lipinski definition) is 4. The zero-order valence-electron chi connectivity index (χ0n) is 14.5. The van der Waals surface area contributed by atoms with Crippen molar-refractivity contribution in [2.75, 3.05) is 45.9 Å². The Bertz CT molecular complexity index is 480. The van der Waals surface area contributed by atoms with Crippen LogP contribution >= 0.6 is 0 Å². The number of ether oxygens (including phenoxy) is 1. The second-order valence-corrected chi connectivity index (χ2v) is 7.37. The van der Waals surface area contributed by atoms with E-state index < -0.39 is 0 Å². The molecule has 0 aliphatic carbocycles. The van der Waals surface area contributed by atoms with Crippen LogP contribution in [0.4, 0.5) is 0 Å². The van der Waals surface area contributed by atoms with Crippen molar-refractivity contribution < 1.29 is 14.3 Å². The average molecular weight is 335 g/mol. The highest BCUT2D eigenvalue weighted by atomic mass is 16.5. The molecule has 1 spiro atoms. The molecule has 0 aromatic rings. The number of nitrogens with one attached hydrogen (secondary N) is 1. The molecule has 6 nitrogen and oxygen atoms in total. The third-order valence-corrected chi connectivity index (χ3v) is 5.69. The van der Waals surface area contributed by atoms with Crippen LogP contribution in [0.1, 0.15) is 32.1 Å².